The molecule has 0 bridgehead atoms. The van der Waals surface area contributed by atoms with Crippen LogP contribution in [0, 0.1) is 28.1 Å². The number of hydrogen-bond donors (Lipinski definition) is 0. The Hall–Kier alpha value is -4.36. The second-order valence-corrected chi connectivity index (χ2v) is 8.66. The number of carbonyl (C=O) groups is 1. The van der Waals surface area contributed by atoms with Crippen molar-refractivity contribution in [3.8, 4) is 12.1 Å². The first-order valence-electron chi connectivity index (χ1n) is 11.0. The number of ketones is 1. The Morgan fingerprint density at radius 3 is 2.29 bits per heavy atom. The number of nitrogens with zero attached hydrogens (tertiary/aromatic N) is 3. The summed E-state index contributed by atoms with van der Waals surface area (Å²) in [5, 5.41) is 20.9. The summed E-state index contributed by atoms with van der Waals surface area (Å²) in [6.45, 7) is 0. The van der Waals surface area contributed by atoms with Gasteiger partial charge in [0.05, 0.1) is 23.7 Å². The minimum absolute atomic E-state index is 0.122. The van der Waals surface area contributed by atoms with Gasteiger partial charge in [-0.25, -0.2) is 0 Å². The molecule has 4 nitrogen and oxygen atoms in total. The fourth-order valence-electron chi connectivity index (χ4n) is 5.35. The molecule has 35 heavy (non-hydrogen) atoms. The lowest BCUT2D eigenvalue weighted by atomic mass is 9.67. The predicted molar refractivity (Wildman–Crippen MR) is 122 cm³/mol. The van der Waals surface area contributed by atoms with Crippen molar-refractivity contribution in [3.05, 3.63) is 113 Å². The van der Waals surface area contributed by atoms with E-state index in [0.717, 1.165) is 23.3 Å². The lowest BCUT2D eigenvalue weighted by Crippen LogP contribution is -2.37. The molecule has 0 saturated carbocycles. The molecule has 0 amide bonds. The van der Waals surface area contributed by atoms with Crippen LogP contribution in [0.5, 0.6) is 0 Å². The van der Waals surface area contributed by atoms with Crippen LogP contribution in [-0.4, -0.2) is 16.7 Å². The largest absolute Gasteiger partial charge is 0.416 e. The lowest BCUT2D eigenvalue weighted by molar-refractivity contribution is -0.137. The first-order chi connectivity index (χ1) is 16.8. The molecular weight excluding hydrogens is 451 g/mol. The smallest absolute Gasteiger partial charge is 0.357 e. The summed E-state index contributed by atoms with van der Waals surface area (Å²) in [6, 6.07) is 23.0. The normalized spacial score (nSPS) is 22.0. The van der Waals surface area contributed by atoms with Crippen LogP contribution < -0.4 is 0 Å². The highest BCUT2D eigenvalue weighted by Crippen LogP contribution is 2.60. The van der Waals surface area contributed by atoms with E-state index < -0.39 is 40.9 Å². The van der Waals surface area contributed by atoms with Gasteiger partial charge in [-0.15, -0.1) is 0 Å². The van der Waals surface area contributed by atoms with Crippen molar-refractivity contribution in [2.24, 2.45) is 5.41 Å². The second-order valence-electron chi connectivity index (χ2n) is 8.66. The Morgan fingerprint density at radius 2 is 1.60 bits per heavy atom. The third-order valence-electron chi connectivity index (χ3n) is 6.85. The maximum absolute atomic E-state index is 13.9. The number of rotatable bonds is 3. The molecule has 7 heteroatoms. The van der Waals surface area contributed by atoms with Crippen LogP contribution in [0.25, 0.3) is 6.08 Å². The van der Waals surface area contributed by atoms with Gasteiger partial charge in [0.2, 0.25) is 0 Å². The molecule has 0 N–H and O–H groups in total. The summed E-state index contributed by atoms with van der Waals surface area (Å²) in [5.74, 6) is -1.48. The standard InChI is InChI=1S/C28H18F3N3O/c29-28(30,31)21-11-6-10-20(15-21)25(35)24-23(19-8-2-1-3-9-19)27(16-32,17-33)26-22-12-5-4-7-18(22)13-14-34(24)26/h1-15,23-24,26H/t23-,24-,26-/m1/s1. The van der Waals surface area contributed by atoms with Crippen LogP contribution in [0.3, 0.4) is 0 Å². The summed E-state index contributed by atoms with van der Waals surface area (Å²) in [4.78, 5) is 15.6. The van der Waals surface area contributed by atoms with Crippen LogP contribution in [0.15, 0.2) is 85.1 Å². The average Bonchev–Trinajstić information content (AvgIpc) is 3.19. The van der Waals surface area contributed by atoms with E-state index in [2.05, 4.69) is 12.1 Å². The molecule has 0 spiro atoms. The van der Waals surface area contributed by atoms with Crippen molar-refractivity contribution < 1.29 is 18.0 Å². The van der Waals surface area contributed by atoms with Crippen molar-refractivity contribution in [3.63, 3.8) is 0 Å². The van der Waals surface area contributed by atoms with E-state index in [-0.39, 0.29) is 5.56 Å². The highest BCUT2D eigenvalue weighted by molar-refractivity contribution is 6.02. The van der Waals surface area contributed by atoms with Crippen molar-refractivity contribution >= 4 is 11.9 Å². The number of hydrogen-bond acceptors (Lipinski definition) is 4. The van der Waals surface area contributed by atoms with Gasteiger partial charge in [0, 0.05) is 17.7 Å². The topological polar surface area (TPSA) is 67.9 Å². The number of fused-ring (bicyclic) bond motifs is 3. The Balaban J connectivity index is 1.74. The fourth-order valence-corrected chi connectivity index (χ4v) is 5.35. The number of halogens is 3. The molecule has 2 aliphatic heterocycles. The van der Waals surface area contributed by atoms with E-state index in [1.54, 1.807) is 53.6 Å². The summed E-state index contributed by atoms with van der Waals surface area (Å²) >= 11 is 0. The Bertz CT molecular complexity index is 1400. The monoisotopic (exact) mass is 469 g/mol. The summed E-state index contributed by atoms with van der Waals surface area (Å²) in [7, 11) is 0. The Kier molecular flexibility index (Phi) is 5.22. The molecule has 3 atom stereocenters. The third kappa shape index (κ3) is 3.40. The molecular formula is C28H18F3N3O. The van der Waals surface area contributed by atoms with E-state index >= 15 is 0 Å². The van der Waals surface area contributed by atoms with E-state index in [1.807, 2.05) is 18.2 Å². The molecule has 1 fully saturated rings. The van der Waals surface area contributed by atoms with Gasteiger partial charge in [-0.2, -0.15) is 23.7 Å². The molecule has 5 rings (SSSR count). The number of carbonyl (C=O) groups excluding carboxylic acids is 1. The lowest BCUT2D eigenvalue weighted by Gasteiger charge is -2.34. The first kappa shape index (κ1) is 22.4. The number of benzene rings is 3. The molecule has 3 aromatic rings. The van der Waals surface area contributed by atoms with Gasteiger partial charge in [0.1, 0.15) is 6.04 Å². The third-order valence-corrected chi connectivity index (χ3v) is 6.85. The molecule has 3 aromatic carbocycles. The molecule has 1 saturated heterocycles. The van der Waals surface area contributed by atoms with Gasteiger partial charge in [0.15, 0.2) is 11.2 Å². The van der Waals surface area contributed by atoms with E-state index in [9.17, 15) is 28.5 Å². The number of nitriles is 2. The van der Waals surface area contributed by atoms with Crippen LogP contribution in [0.4, 0.5) is 13.2 Å². The van der Waals surface area contributed by atoms with Gasteiger partial charge in [0.25, 0.3) is 0 Å². The fraction of sp³-hybridized carbons (Fsp3) is 0.179. The van der Waals surface area contributed by atoms with Gasteiger partial charge >= 0.3 is 6.18 Å². The van der Waals surface area contributed by atoms with Crippen LogP contribution in [-0.2, 0) is 6.18 Å². The maximum Gasteiger partial charge on any atom is 0.416 e. The van der Waals surface area contributed by atoms with E-state index in [4.69, 9.17) is 0 Å². The zero-order valence-electron chi connectivity index (χ0n) is 18.3. The molecule has 0 unspecified atom stereocenters. The van der Waals surface area contributed by atoms with E-state index in [1.165, 1.54) is 12.1 Å². The minimum atomic E-state index is -4.61. The zero-order chi connectivity index (χ0) is 24.8. The highest BCUT2D eigenvalue weighted by Gasteiger charge is 2.63. The second kappa shape index (κ2) is 8.14. The maximum atomic E-state index is 13.9. The van der Waals surface area contributed by atoms with Gasteiger partial charge in [-0.3, -0.25) is 4.79 Å². The minimum Gasteiger partial charge on any atom is -0.357 e. The Labute approximate surface area is 200 Å². The van der Waals surface area contributed by atoms with Crippen LogP contribution >= 0.6 is 0 Å². The number of Topliss-reactive ketones (excluding diaryl/α,β-unsaturated/α-hetero) is 1. The molecule has 2 aliphatic rings. The SMILES string of the molecule is N#CC1(C#N)[C@H](c2ccccc2)[C@H](C(=O)c2cccc(C(F)(F)F)c2)N2C=Cc3ccccc3[C@@H]21. The van der Waals surface area contributed by atoms with Crippen LogP contribution in [0.2, 0.25) is 0 Å². The van der Waals surface area contributed by atoms with Gasteiger partial charge in [-0.1, -0.05) is 66.7 Å². The van der Waals surface area contributed by atoms with Crippen molar-refractivity contribution in [1.82, 2.24) is 4.90 Å². The quantitative estimate of drug-likeness (QED) is 0.434. The molecule has 0 aliphatic carbocycles. The summed E-state index contributed by atoms with van der Waals surface area (Å²) < 4.78 is 40.2. The van der Waals surface area contributed by atoms with Crippen molar-refractivity contribution in [1.29, 1.82) is 10.5 Å². The highest BCUT2D eigenvalue weighted by atomic mass is 19.4. The molecule has 0 aromatic heterocycles. The van der Waals surface area contributed by atoms with Crippen molar-refractivity contribution in [2.75, 3.05) is 0 Å². The van der Waals surface area contributed by atoms with Gasteiger partial charge in [-0.05, 0) is 34.9 Å². The summed E-state index contributed by atoms with van der Waals surface area (Å²) in [5.41, 5.74) is -0.573. The van der Waals surface area contributed by atoms with Crippen LogP contribution in [0.1, 0.15) is 44.6 Å². The predicted octanol–water partition coefficient (Wildman–Crippen LogP) is 6.12. The first-order valence-corrected chi connectivity index (χ1v) is 11.0. The molecule has 172 valence electrons. The van der Waals surface area contributed by atoms with Crippen molar-refractivity contribution in [2.45, 2.75) is 24.2 Å². The van der Waals surface area contributed by atoms with E-state index in [0.29, 0.717) is 5.56 Å². The number of alkyl halides is 3. The van der Waals surface area contributed by atoms with Gasteiger partial charge < -0.3 is 4.90 Å². The Morgan fingerprint density at radius 1 is 0.914 bits per heavy atom. The molecule has 0 radical (unpaired) electrons. The molecule has 2 heterocycles. The summed E-state index contributed by atoms with van der Waals surface area (Å²) in [6.07, 6.45) is -1.14. The zero-order valence-corrected chi connectivity index (χ0v) is 18.3. The average molecular weight is 469 g/mol.